The SMILES string of the molecule is NC(=S)c1cc(Cl)ccc1NC1CC1c1ccccc1. The van der Waals surface area contributed by atoms with Gasteiger partial charge in [-0.2, -0.15) is 0 Å². The zero-order valence-electron chi connectivity index (χ0n) is 10.8. The minimum atomic E-state index is 0.368. The monoisotopic (exact) mass is 302 g/mol. The van der Waals surface area contributed by atoms with E-state index >= 15 is 0 Å². The molecule has 3 rings (SSSR count). The molecule has 0 radical (unpaired) electrons. The van der Waals surface area contributed by atoms with E-state index in [4.69, 9.17) is 29.6 Å². The molecule has 1 fully saturated rings. The zero-order chi connectivity index (χ0) is 14.1. The van der Waals surface area contributed by atoms with Crippen LogP contribution >= 0.6 is 23.8 Å². The third-order valence-corrected chi connectivity index (χ3v) is 4.06. The molecule has 20 heavy (non-hydrogen) atoms. The van der Waals surface area contributed by atoms with Crippen LogP contribution in [0.4, 0.5) is 5.69 Å². The predicted molar refractivity (Wildman–Crippen MR) is 88.6 cm³/mol. The zero-order valence-corrected chi connectivity index (χ0v) is 12.4. The molecule has 2 atom stereocenters. The summed E-state index contributed by atoms with van der Waals surface area (Å²) < 4.78 is 0. The first kappa shape index (κ1) is 13.4. The molecule has 0 amide bonds. The summed E-state index contributed by atoms with van der Waals surface area (Å²) in [5, 5.41) is 4.16. The topological polar surface area (TPSA) is 38.0 Å². The van der Waals surface area contributed by atoms with Crippen LogP contribution in [0, 0.1) is 0 Å². The lowest BCUT2D eigenvalue weighted by molar-refractivity contribution is 1.04. The second-order valence-electron chi connectivity index (χ2n) is 5.06. The van der Waals surface area contributed by atoms with E-state index in [-0.39, 0.29) is 0 Å². The number of rotatable bonds is 4. The summed E-state index contributed by atoms with van der Waals surface area (Å²) >= 11 is 11.1. The summed E-state index contributed by atoms with van der Waals surface area (Å²) in [6.45, 7) is 0. The largest absolute Gasteiger partial charge is 0.389 e. The average Bonchev–Trinajstić information content (AvgIpc) is 3.21. The van der Waals surface area contributed by atoms with Crippen LogP contribution in [-0.2, 0) is 0 Å². The lowest BCUT2D eigenvalue weighted by Gasteiger charge is -2.11. The van der Waals surface area contributed by atoms with Crippen molar-refractivity contribution in [1.29, 1.82) is 0 Å². The van der Waals surface area contributed by atoms with Gasteiger partial charge in [0.05, 0.1) is 0 Å². The average molecular weight is 303 g/mol. The Morgan fingerprint density at radius 2 is 1.95 bits per heavy atom. The Hall–Kier alpha value is -1.58. The second kappa shape index (κ2) is 5.43. The summed E-state index contributed by atoms with van der Waals surface area (Å²) in [6, 6.07) is 16.6. The number of benzene rings is 2. The first-order chi connectivity index (χ1) is 9.65. The number of hydrogen-bond acceptors (Lipinski definition) is 2. The van der Waals surface area contributed by atoms with Crippen molar-refractivity contribution in [3.05, 3.63) is 64.7 Å². The number of halogens is 1. The molecule has 102 valence electrons. The Balaban J connectivity index is 1.76. The highest BCUT2D eigenvalue weighted by Crippen LogP contribution is 2.43. The molecule has 4 heteroatoms. The molecule has 2 aromatic rings. The van der Waals surface area contributed by atoms with E-state index in [0.717, 1.165) is 17.7 Å². The standard InChI is InChI=1S/C16H15ClN2S/c17-11-6-7-14(13(8-11)16(18)20)19-15-9-12(15)10-4-2-1-3-5-10/h1-8,12,15,19H,9H2,(H2,18,20). The number of anilines is 1. The van der Waals surface area contributed by atoms with Gasteiger partial charge >= 0.3 is 0 Å². The minimum absolute atomic E-state index is 0.368. The van der Waals surface area contributed by atoms with E-state index in [1.165, 1.54) is 5.56 Å². The van der Waals surface area contributed by atoms with E-state index < -0.39 is 0 Å². The van der Waals surface area contributed by atoms with Crippen LogP contribution in [0.5, 0.6) is 0 Å². The molecular formula is C16H15ClN2S. The first-order valence-corrected chi connectivity index (χ1v) is 7.34. The summed E-state index contributed by atoms with van der Waals surface area (Å²) in [5.74, 6) is 0.561. The molecule has 1 aliphatic rings. The molecule has 0 aliphatic heterocycles. The van der Waals surface area contributed by atoms with Gasteiger partial charge in [-0.1, -0.05) is 54.2 Å². The van der Waals surface area contributed by atoms with Gasteiger partial charge in [0.2, 0.25) is 0 Å². The van der Waals surface area contributed by atoms with Crippen LogP contribution < -0.4 is 11.1 Å². The van der Waals surface area contributed by atoms with Crippen LogP contribution in [0.25, 0.3) is 0 Å². The number of thiocarbonyl (C=S) groups is 1. The van der Waals surface area contributed by atoms with E-state index in [2.05, 4.69) is 29.6 Å². The van der Waals surface area contributed by atoms with Gasteiger partial charge in [0.15, 0.2) is 0 Å². The van der Waals surface area contributed by atoms with Crippen molar-refractivity contribution in [3.8, 4) is 0 Å². The van der Waals surface area contributed by atoms with Crippen molar-refractivity contribution in [2.24, 2.45) is 5.73 Å². The summed E-state index contributed by atoms with van der Waals surface area (Å²) in [4.78, 5) is 0.368. The van der Waals surface area contributed by atoms with Gasteiger partial charge in [-0.15, -0.1) is 0 Å². The molecule has 0 heterocycles. The van der Waals surface area contributed by atoms with E-state index in [0.29, 0.717) is 22.0 Å². The first-order valence-electron chi connectivity index (χ1n) is 6.56. The van der Waals surface area contributed by atoms with Crippen molar-refractivity contribution in [3.63, 3.8) is 0 Å². The predicted octanol–water partition coefficient (Wildman–Crippen LogP) is 3.94. The lowest BCUT2D eigenvalue weighted by atomic mass is 10.1. The Morgan fingerprint density at radius 3 is 2.65 bits per heavy atom. The van der Waals surface area contributed by atoms with Crippen LogP contribution in [0.1, 0.15) is 23.5 Å². The number of nitrogens with two attached hydrogens (primary N) is 1. The Kier molecular flexibility index (Phi) is 3.64. The Labute approximate surface area is 128 Å². The Bertz CT molecular complexity index is 642. The fraction of sp³-hybridized carbons (Fsp3) is 0.188. The van der Waals surface area contributed by atoms with Crippen molar-refractivity contribution < 1.29 is 0 Å². The molecule has 2 nitrogen and oxygen atoms in total. The van der Waals surface area contributed by atoms with E-state index in [1.54, 1.807) is 0 Å². The summed E-state index contributed by atoms with van der Waals surface area (Å²) in [5.41, 5.74) is 8.90. The maximum Gasteiger partial charge on any atom is 0.106 e. The normalized spacial score (nSPS) is 20.4. The van der Waals surface area contributed by atoms with Crippen molar-refractivity contribution in [1.82, 2.24) is 0 Å². The molecule has 0 spiro atoms. The molecule has 0 saturated heterocycles. The summed E-state index contributed by atoms with van der Waals surface area (Å²) in [7, 11) is 0. The van der Waals surface area contributed by atoms with Gasteiger partial charge in [-0.05, 0) is 30.2 Å². The maximum atomic E-state index is 5.99. The molecule has 0 aromatic heterocycles. The molecule has 2 aromatic carbocycles. The third-order valence-electron chi connectivity index (χ3n) is 3.61. The summed E-state index contributed by atoms with van der Waals surface area (Å²) in [6.07, 6.45) is 1.13. The fourth-order valence-electron chi connectivity index (χ4n) is 2.47. The number of nitrogens with one attached hydrogen (secondary N) is 1. The van der Waals surface area contributed by atoms with Gasteiger partial charge in [-0.3, -0.25) is 0 Å². The van der Waals surface area contributed by atoms with Gasteiger partial charge in [0.25, 0.3) is 0 Å². The smallest absolute Gasteiger partial charge is 0.106 e. The number of hydrogen-bond donors (Lipinski definition) is 2. The lowest BCUT2D eigenvalue weighted by Crippen LogP contribution is -2.14. The quantitative estimate of drug-likeness (QED) is 0.840. The van der Waals surface area contributed by atoms with Crippen LogP contribution in [0.2, 0.25) is 5.02 Å². The van der Waals surface area contributed by atoms with Gasteiger partial charge in [0, 0.05) is 28.2 Å². The highest BCUT2D eigenvalue weighted by Gasteiger charge is 2.38. The molecular weight excluding hydrogens is 288 g/mol. The van der Waals surface area contributed by atoms with E-state index in [9.17, 15) is 0 Å². The van der Waals surface area contributed by atoms with E-state index in [1.807, 2.05) is 24.3 Å². The highest BCUT2D eigenvalue weighted by molar-refractivity contribution is 7.80. The highest BCUT2D eigenvalue weighted by atomic mass is 35.5. The molecule has 1 aliphatic carbocycles. The molecule has 0 bridgehead atoms. The maximum absolute atomic E-state index is 5.99. The molecule has 1 saturated carbocycles. The fourth-order valence-corrected chi connectivity index (χ4v) is 2.81. The van der Waals surface area contributed by atoms with Gasteiger partial charge < -0.3 is 11.1 Å². The molecule has 2 unspecified atom stereocenters. The molecule has 3 N–H and O–H groups in total. The van der Waals surface area contributed by atoms with Crippen LogP contribution in [0.15, 0.2) is 48.5 Å². The van der Waals surface area contributed by atoms with Crippen molar-refractivity contribution in [2.75, 3.05) is 5.32 Å². The van der Waals surface area contributed by atoms with Gasteiger partial charge in [0.1, 0.15) is 4.99 Å². The third kappa shape index (κ3) is 2.79. The van der Waals surface area contributed by atoms with Gasteiger partial charge in [-0.25, -0.2) is 0 Å². The minimum Gasteiger partial charge on any atom is -0.389 e. The van der Waals surface area contributed by atoms with Crippen LogP contribution in [-0.4, -0.2) is 11.0 Å². The Morgan fingerprint density at radius 1 is 1.20 bits per heavy atom. The van der Waals surface area contributed by atoms with Crippen molar-refractivity contribution >= 4 is 34.5 Å². The second-order valence-corrected chi connectivity index (χ2v) is 5.93. The van der Waals surface area contributed by atoms with Crippen molar-refractivity contribution in [2.45, 2.75) is 18.4 Å². The van der Waals surface area contributed by atoms with Crippen LogP contribution in [0.3, 0.4) is 0 Å².